The van der Waals surface area contributed by atoms with E-state index in [0.29, 0.717) is 17.9 Å². The predicted molar refractivity (Wildman–Crippen MR) is 97.7 cm³/mol. The van der Waals surface area contributed by atoms with E-state index in [1.807, 2.05) is 12.3 Å². The lowest BCUT2D eigenvalue weighted by atomic mass is 10.0. The van der Waals surface area contributed by atoms with E-state index in [4.69, 9.17) is 0 Å². The van der Waals surface area contributed by atoms with Crippen LogP contribution in [0.5, 0.6) is 0 Å². The fourth-order valence-electron chi connectivity index (χ4n) is 3.48. The first-order valence-corrected chi connectivity index (χ1v) is 9.04. The van der Waals surface area contributed by atoms with Crippen LogP contribution in [-0.2, 0) is 0 Å². The third-order valence-electron chi connectivity index (χ3n) is 4.83. The lowest BCUT2D eigenvalue weighted by Gasteiger charge is -2.34. The van der Waals surface area contributed by atoms with Crippen molar-refractivity contribution in [3.05, 3.63) is 60.3 Å². The van der Waals surface area contributed by atoms with Gasteiger partial charge in [0.2, 0.25) is 0 Å². The zero-order chi connectivity index (χ0) is 17.8. The minimum absolute atomic E-state index is 0.128. The number of hydrogen-bond acceptors (Lipinski definition) is 5. The van der Waals surface area contributed by atoms with Gasteiger partial charge >= 0.3 is 0 Å². The second-order valence-electron chi connectivity index (χ2n) is 6.56. The van der Waals surface area contributed by atoms with Crippen LogP contribution in [0, 0.1) is 0 Å². The molecule has 4 heterocycles. The maximum atomic E-state index is 12.6. The van der Waals surface area contributed by atoms with Gasteiger partial charge in [0.05, 0.1) is 6.04 Å². The number of nitrogens with zero attached hydrogens (tertiary/aromatic N) is 5. The van der Waals surface area contributed by atoms with Gasteiger partial charge in [-0.15, -0.1) is 0 Å². The summed E-state index contributed by atoms with van der Waals surface area (Å²) in [6.45, 7) is 2.63. The topological polar surface area (TPSA) is 75.4 Å². The number of likely N-dealkylation sites (tertiary alicyclic amines) is 1. The molecule has 4 rings (SSSR count). The number of piperidine rings is 1. The van der Waals surface area contributed by atoms with Crippen LogP contribution >= 0.6 is 0 Å². The van der Waals surface area contributed by atoms with Crippen molar-refractivity contribution in [1.82, 2.24) is 29.8 Å². The van der Waals surface area contributed by atoms with Crippen LogP contribution in [0.25, 0.3) is 5.65 Å². The maximum Gasteiger partial charge on any atom is 0.271 e. The van der Waals surface area contributed by atoms with Gasteiger partial charge < -0.3 is 5.32 Å². The van der Waals surface area contributed by atoms with Crippen molar-refractivity contribution in [2.24, 2.45) is 0 Å². The van der Waals surface area contributed by atoms with Crippen molar-refractivity contribution in [3.8, 4) is 0 Å². The van der Waals surface area contributed by atoms with Crippen molar-refractivity contribution in [1.29, 1.82) is 0 Å². The van der Waals surface area contributed by atoms with E-state index in [2.05, 4.69) is 31.3 Å². The molecule has 7 nitrogen and oxygen atoms in total. The largest absolute Gasteiger partial charge is 0.349 e. The van der Waals surface area contributed by atoms with Crippen molar-refractivity contribution >= 4 is 11.6 Å². The SMILES string of the molecule is O=C(NC[C@@H](c1cccnc1)N1CCCCC1)c1cc2ncccn2n1. The van der Waals surface area contributed by atoms with Crippen molar-refractivity contribution in [2.45, 2.75) is 25.3 Å². The molecular formula is C19H22N6O. The van der Waals surface area contributed by atoms with Gasteiger partial charge in [0.15, 0.2) is 11.3 Å². The fourth-order valence-corrected chi connectivity index (χ4v) is 3.48. The number of carbonyl (C=O) groups is 1. The Morgan fingerprint density at radius 1 is 1.19 bits per heavy atom. The van der Waals surface area contributed by atoms with E-state index in [1.54, 1.807) is 35.2 Å². The smallest absolute Gasteiger partial charge is 0.271 e. The van der Waals surface area contributed by atoms with E-state index in [-0.39, 0.29) is 11.9 Å². The van der Waals surface area contributed by atoms with Gasteiger partial charge in [-0.3, -0.25) is 14.7 Å². The molecule has 0 spiro atoms. The summed E-state index contributed by atoms with van der Waals surface area (Å²) in [5, 5.41) is 7.34. The molecule has 1 aliphatic heterocycles. The van der Waals surface area contributed by atoms with E-state index in [9.17, 15) is 4.79 Å². The number of carbonyl (C=O) groups excluding carboxylic acids is 1. The Labute approximate surface area is 152 Å². The molecule has 0 bridgehead atoms. The zero-order valence-corrected chi connectivity index (χ0v) is 14.6. The average Bonchev–Trinajstić information content (AvgIpc) is 3.14. The molecule has 1 amide bonds. The monoisotopic (exact) mass is 350 g/mol. The average molecular weight is 350 g/mol. The van der Waals surface area contributed by atoms with Gasteiger partial charge in [-0.25, -0.2) is 9.50 Å². The molecule has 7 heteroatoms. The molecule has 3 aromatic heterocycles. The number of rotatable bonds is 5. The lowest BCUT2D eigenvalue weighted by molar-refractivity contribution is 0.0919. The Bertz CT molecular complexity index is 839. The first-order chi connectivity index (χ1) is 12.8. The first kappa shape index (κ1) is 16.7. The molecule has 0 radical (unpaired) electrons. The molecule has 1 aliphatic rings. The van der Waals surface area contributed by atoms with Crippen LogP contribution in [0.4, 0.5) is 0 Å². The third kappa shape index (κ3) is 3.57. The molecule has 3 aromatic rings. The second-order valence-corrected chi connectivity index (χ2v) is 6.56. The van der Waals surface area contributed by atoms with Crippen LogP contribution in [0.15, 0.2) is 49.1 Å². The predicted octanol–water partition coefficient (Wildman–Crippen LogP) is 2.08. The quantitative estimate of drug-likeness (QED) is 0.762. The summed E-state index contributed by atoms with van der Waals surface area (Å²) < 4.78 is 1.61. The molecule has 1 fully saturated rings. The number of aromatic nitrogens is 4. The van der Waals surface area contributed by atoms with Crippen LogP contribution in [0.1, 0.15) is 41.4 Å². The first-order valence-electron chi connectivity index (χ1n) is 9.04. The Kier molecular flexibility index (Phi) is 4.88. The minimum Gasteiger partial charge on any atom is -0.349 e. The summed E-state index contributed by atoms with van der Waals surface area (Å²) in [7, 11) is 0. The van der Waals surface area contributed by atoms with Crippen molar-refractivity contribution < 1.29 is 4.79 Å². The highest BCUT2D eigenvalue weighted by Gasteiger charge is 2.23. The van der Waals surface area contributed by atoms with Crippen molar-refractivity contribution in [2.75, 3.05) is 19.6 Å². The van der Waals surface area contributed by atoms with Gasteiger partial charge in [-0.1, -0.05) is 12.5 Å². The number of amides is 1. The molecule has 134 valence electrons. The lowest BCUT2D eigenvalue weighted by Crippen LogP contribution is -2.40. The fraction of sp³-hybridized carbons (Fsp3) is 0.368. The molecule has 0 aliphatic carbocycles. The van der Waals surface area contributed by atoms with Gasteiger partial charge in [-0.05, 0) is 43.6 Å². The van der Waals surface area contributed by atoms with Crippen LogP contribution in [0.2, 0.25) is 0 Å². The highest BCUT2D eigenvalue weighted by atomic mass is 16.1. The summed E-state index contributed by atoms with van der Waals surface area (Å²) in [5.74, 6) is -0.179. The maximum absolute atomic E-state index is 12.6. The van der Waals surface area contributed by atoms with Gasteiger partial charge in [0.25, 0.3) is 5.91 Å². The molecular weight excluding hydrogens is 328 g/mol. The summed E-state index contributed by atoms with van der Waals surface area (Å²) >= 11 is 0. The minimum atomic E-state index is -0.179. The highest BCUT2D eigenvalue weighted by Crippen LogP contribution is 2.23. The van der Waals surface area contributed by atoms with E-state index >= 15 is 0 Å². The summed E-state index contributed by atoms with van der Waals surface area (Å²) in [6, 6.07) is 7.64. The molecule has 26 heavy (non-hydrogen) atoms. The van der Waals surface area contributed by atoms with E-state index in [0.717, 1.165) is 18.7 Å². The van der Waals surface area contributed by atoms with Gasteiger partial charge in [0.1, 0.15) is 0 Å². The van der Waals surface area contributed by atoms with Crippen LogP contribution < -0.4 is 5.32 Å². The molecule has 1 atom stereocenters. The molecule has 0 unspecified atom stereocenters. The number of pyridine rings is 1. The van der Waals surface area contributed by atoms with Crippen LogP contribution in [-0.4, -0.2) is 50.0 Å². The third-order valence-corrected chi connectivity index (χ3v) is 4.83. The summed E-state index contributed by atoms with van der Waals surface area (Å²) in [4.78, 5) is 23.5. The summed E-state index contributed by atoms with van der Waals surface area (Å²) in [6.07, 6.45) is 10.8. The zero-order valence-electron chi connectivity index (χ0n) is 14.6. The number of fused-ring (bicyclic) bond motifs is 1. The summed E-state index contributed by atoms with van der Waals surface area (Å²) in [5.41, 5.74) is 2.18. The Hall–Kier alpha value is -2.80. The molecule has 0 saturated carbocycles. The Morgan fingerprint density at radius 3 is 2.85 bits per heavy atom. The Balaban J connectivity index is 1.49. The molecule has 1 N–H and O–H groups in total. The van der Waals surface area contributed by atoms with Gasteiger partial charge in [0, 0.05) is 37.4 Å². The standard InChI is InChI=1S/C19H22N6O/c26-19(16-12-18-21-8-5-11-25(18)23-16)22-14-17(15-6-4-7-20-13-15)24-9-2-1-3-10-24/h4-8,11-13,17H,1-3,9-10,14H2,(H,22,26)/t17-/m0/s1. The van der Waals surface area contributed by atoms with E-state index < -0.39 is 0 Å². The van der Waals surface area contributed by atoms with Gasteiger partial charge in [-0.2, -0.15) is 5.10 Å². The Morgan fingerprint density at radius 2 is 2.08 bits per heavy atom. The second kappa shape index (κ2) is 7.61. The number of hydrogen-bond donors (Lipinski definition) is 1. The highest BCUT2D eigenvalue weighted by molar-refractivity contribution is 5.93. The molecule has 0 aromatic carbocycles. The van der Waals surface area contributed by atoms with E-state index in [1.165, 1.54) is 19.3 Å². The molecule has 1 saturated heterocycles. The van der Waals surface area contributed by atoms with Crippen LogP contribution in [0.3, 0.4) is 0 Å². The number of nitrogens with one attached hydrogen (secondary N) is 1. The van der Waals surface area contributed by atoms with Crippen molar-refractivity contribution in [3.63, 3.8) is 0 Å². The normalized spacial score (nSPS) is 16.5.